The van der Waals surface area contributed by atoms with Gasteiger partial charge < -0.3 is 25.7 Å². The third-order valence-electron chi connectivity index (χ3n) is 7.08. The average molecular weight is 503 g/mol. The minimum Gasteiger partial charge on any atom is -0.406 e. The Labute approximate surface area is 206 Å². The Morgan fingerprint density at radius 2 is 1.92 bits per heavy atom. The molecule has 3 aromatic rings. The van der Waals surface area contributed by atoms with Crippen LogP contribution in [0.15, 0.2) is 30.5 Å². The molecule has 0 unspecified atom stereocenters. The number of carbonyl (C=O) groups is 1. The number of nitrogen functional groups attached to an aromatic ring is 1. The molecule has 0 bridgehead atoms. The van der Waals surface area contributed by atoms with E-state index in [2.05, 4.69) is 20.0 Å². The Balaban J connectivity index is 1.27. The van der Waals surface area contributed by atoms with Crippen molar-refractivity contribution in [2.45, 2.75) is 50.3 Å². The van der Waals surface area contributed by atoms with Gasteiger partial charge in [-0.25, -0.2) is 9.97 Å². The first-order valence-electron chi connectivity index (χ1n) is 12.3. The van der Waals surface area contributed by atoms with Crippen LogP contribution >= 0.6 is 0 Å². The molecule has 1 amide bonds. The maximum Gasteiger partial charge on any atom is 0.573 e. The van der Waals surface area contributed by atoms with Gasteiger partial charge in [0.1, 0.15) is 17.1 Å². The number of piperidine rings is 1. The summed E-state index contributed by atoms with van der Waals surface area (Å²) >= 11 is 0. The number of fused-ring (bicyclic) bond motifs is 1. The summed E-state index contributed by atoms with van der Waals surface area (Å²) in [5, 5.41) is 3.48. The maximum atomic E-state index is 13.0. The van der Waals surface area contributed by atoms with Gasteiger partial charge in [0, 0.05) is 43.5 Å². The fourth-order valence-electron chi connectivity index (χ4n) is 5.22. The molecule has 11 heteroatoms. The molecule has 0 saturated carbocycles. The number of pyridine rings is 1. The van der Waals surface area contributed by atoms with Crippen molar-refractivity contribution in [3.8, 4) is 5.75 Å². The monoisotopic (exact) mass is 502 g/mol. The molecular weight excluding hydrogens is 473 g/mol. The lowest BCUT2D eigenvalue weighted by molar-refractivity contribution is -0.274. The molecule has 36 heavy (non-hydrogen) atoms. The number of benzene rings is 1. The second kappa shape index (κ2) is 9.96. The van der Waals surface area contributed by atoms with Crippen LogP contribution in [0.4, 0.5) is 18.9 Å². The SMILES string of the molecule is Nc1cc(OC(F)(F)F)ccc1C(=O)N1CCC(c2ccnc3[nH]c([C@@H]4CCCCNC4)nc23)CC1. The first-order valence-corrected chi connectivity index (χ1v) is 12.3. The molecule has 4 N–H and O–H groups in total. The summed E-state index contributed by atoms with van der Waals surface area (Å²) in [6.07, 6.45) is 1.90. The van der Waals surface area contributed by atoms with Crippen LogP contribution in [0.1, 0.15) is 65.7 Å². The summed E-state index contributed by atoms with van der Waals surface area (Å²) in [6, 6.07) is 5.43. The van der Waals surface area contributed by atoms with Crippen molar-refractivity contribution < 1.29 is 22.7 Å². The molecule has 1 atom stereocenters. The molecule has 2 aliphatic rings. The maximum absolute atomic E-state index is 13.0. The molecule has 0 spiro atoms. The number of nitrogens with zero attached hydrogens (tertiary/aromatic N) is 3. The number of aromatic amines is 1. The van der Waals surface area contributed by atoms with Crippen LogP contribution < -0.4 is 15.8 Å². The summed E-state index contributed by atoms with van der Waals surface area (Å²) < 4.78 is 41.3. The fourth-order valence-corrected chi connectivity index (χ4v) is 5.22. The number of amides is 1. The quantitative estimate of drug-likeness (QED) is 0.459. The number of nitrogens with two attached hydrogens (primary N) is 1. The van der Waals surface area contributed by atoms with Gasteiger partial charge in [0.25, 0.3) is 5.91 Å². The number of anilines is 1. The second-order valence-corrected chi connectivity index (χ2v) is 9.48. The van der Waals surface area contributed by atoms with E-state index in [1.165, 1.54) is 18.9 Å². The molecule has 192 valence electrons. The molecule has 0 aliphatic carbocycles. The van der Waals surface area contributed by atoms with Gasteiger partial charge in [-0.2, -0.15) is 0 Å². The summed E-state index contributed by atoms with van der Waals surface area (Å²) in [7, 11) is 0. The third-order valence-corrected chi connectivity index (χ3v) is 7.08. The number of hydrogen-bond acceptors (Lipinski definition) is 6. The summed E-state index contributed by atoms with van der Waals surface area (Å²) in [4.78, 5) is 27.6. The van der Waals surface area contributed by atoms with Gasteiger partial charge in [-0.1, -0.05) is 6.42 Å². The lowest BCUT2D eigenvalue weighted by Gasteiger charge is -2.32. The first-order chi connectivity index (χ1) is 17.3. The normalized spacial score (nSPS) is 19.9. The van der Waals surface area contributed by atoms with E-state index in [4.69, 9.17) is 10.7 Å². The Morgan fingerprint density at radius 3 is 2.67 bits per heavy atom. The summed E-state index contributed by atoms with van der Waals surface area (Å²) in [5.41, 5.74) is 8.82. The third kappa shape index (κ3) is 5.25. The molecule has 1 aromatic carbocycles. The van der Waals surface area contributed by atoms with E-state index in [1.54, 1.807) is 11.1 Å². The Hall–Kier alpha value is -3.34. The molecule has 0 radical (unpaired) electrons. The van der Waals surface area contributed by atoms with Crippen molar-refractivity contribution in [2.24, 2.45) is 0 Å². The summed E-state index contributed by atoms with van der Waals surface area (Å²) in [6.45, 7) is 2.96. The van der Waals surface area contributed by atoms with Crippen molar-refractivity contribution in [1.29, 1.82) is 0 Å². The fraction of sp³-hybridized carbons (Fsp3) is 0.480. The lowest BCUT2D eigenvalue weighted by Crippen LogP contribution is -2.38. The van der Waals surface area contributed by atoms with Gasteiger partial charge >= 0.3 is 6.36 Å². The van der Waals surface area contributed by atoms with Crippen LogP contribution in [0.2, 0.25) is 0 Å². The molecule has 2 saturated heterocycles. The zero-order valence-electron chi connectivity index (χ0n) is 19.8. The van der Waals surface area contributed by atoms with E-state index in [9.17, 15) is 18.0 Å². The van der Waals surface area contributed by atoms with E-state index in [1.807, 2.05) is 6.07 Å². The minimum atomic E-state index is -4.82. The number of likely N-dealkylation sites (tertiary alicyclic amines) is 1. The number of rotatable bonds is 4. The predicted molar refractivity (Wildman–Crippen MR) is 129 cm³/mol. The number of imidazole rings is 1. The highest BCUT2D eigenvalue weighted by molar-refractivity contribution is 5.99. The van der Waals surface area contributed by atoms with Crippen LogP contribution in [0, 0.1) is 0 Å². The van der Waals surface area contributed by atoms with Crippen molar-refractivity contribution in [2.75, 3.05) is 31.9 Å². The van der Waals surface area contributed by atoms with Crippen LogP contribution in [-0.2, 0) is 0 Å². The van der Waals surface area contributed by atoms with Crippen LogP contribution in [0.25, 0.3) is 11.2 Å². The van der Waals surface area contributed by atoms with Crippen LogP contribution in [-0.4, -0.2) is 58.3 Å². The van der Waals surface area contributed by atoms with E-state index in [0.717, 1.165) is 67.0 Å². The van der Waals surface area contributed by atoms with Gasteiger partial charge in [-0.05, 0) is 61.9 Å². The number of ether oxygens (including phenoxy) is 1. The van der Waals surface area contributed by atoms with Gasteiger partial charge in [0.2, 0.25) is 0 Å². The van der Waals surface area contributed by atoms with Crippen molar-refractivity contribution in [1.82, 2.24) is 25.2 Å². The van der Waals surface area contributed by atoms with Gasteiger partial charge in [0.05, 0.1) is 5.56 Å². The predicted octanol–water partition coefficient (Wildman–Crippen LogP) is 4.32. The standard InChI is InChI=1S/C25H29F3N6O2/c26-25(27,28)36-17-4-5-19(20(29)13-17)24(35)34-11-7-15(8-12-34)18-6-10-31-23-21(18)32-22(33-23)16-3-1-2-9-30-14-16/h4-6,10,13,15-16,30H,1-3,7-9,11-12,14,29H2,(H,31,32,33)/t16-/m1/s1. The van der Waals surface area contributed by atoms with Crippen LogP contribution in [0.3, 0.4) is 0 Å². The minimum absolute atomic E-state index is 0.0447. The van der Waals surface area contributed by atoms with E-state index >= 15 is 0 Å². The lowest BCUT2D eigenvalue weighted by atomic mass is 9.89. The Bertz CT molecular complexity index is 1230. The molecule has 2 aromatic heterocycles. The molecule has 4 heterocycles. The highest BCUT2D eigenvalue weighted by atomic mass is 19.4. The molecule has 2 fully saturated rings. The van der Waals surface area contributed by atoms with E-state index in [-0.39, 0.29) is 23.1 Å². The van der Waals surface area contributed by atoms with E-state index in [0.29, 0.717) is 19.0 Å². The Kier molecular flexibility index (Phi) is 6.74. The zero-order chi connectivity index (χ0) is 25.3. The number of aromatic nitrogens is 3. The number of alkyl halides is 3. The van der Waals surface area contributed by atoms with Gasteiger partial charge in [0.15, 0.2) is 5.65 Å². The topological polar surface area (TPSA) is 109 Å². The molecule has 2 aliphatic heterocycles. The van der Waals surface area contributed by atoms with Crippen molar-refractivity contribution in [3.05, 3.63) is 47.4 Å². The number of H-pyrrole nitrogens is 1. The molecular formula is C25H29F3N6O2. The zero-order valence-corrected chi connectivity index (χ0v) is 19.8. The van der Waals surface area contributed by atoms with E-state index < -0.39 is 12.1 Å². The molecule has 8 nitrogen and oxygen atoms in total. The van der Waals surface area contributed by atoms with Gasteiger partial charge in [-0.3, -0.25) is 4.79 Å². The van der Waals surface area contributed by atoms with Crippen LogP contribution in [0.5, 0.6) is 5.75 Å². The smallest absolute Gasteiger partial charge is 0.406 e. The first kappa shape index (κ1) is 24.4. The van der Waals surface area contributed by atoms with Crippen molar-refractivity contribution in [3.63, 3.8) is 0 Å². The second-order valence-electron chi connectivity index (χ2n) is 9.48. The van der Waals surface area contributed by atoms with Crippen molar-refractivity contribution >= 4 is 22.8 Å². The highest BCUT2D eigenvalue weighted by Gasteiger charge is 2.32. The molecule has 5 rings (SSSR count). The average Bonchev–Trinajstić information content (AvgIpc) is 3.09. The number of carbonyl (C=O) groups excluding carboxylic acids is 1. The largest absolute Gasteiger partial charge is 0.573 e. The number of hydrogen-bond donors (Lipinski definition) is 3. The Morgan fingerprint density at radius 1 is 1.11 bits per heavy atom. The summed E-state index contributed by atoms with van der Waals surface area (Å²) in [5.74, 6) is 0.790. The number of nitrogens with one attached hydrogen (secondary N) is 2. The highest BCUT2D eigenvalue weighted by Crippen LogP contribution is 2.34. The number of halogens is 3. The van der Waals surface area contributed by atoms with Gasteiger partial charge in [-0.15, -0.1) is 13.2 Å².